The van der Waals surface area contributed by atoms with Crippen molar-refractivity contribution in [3.05, 3.63) is 76.3 Å². The number of rotatable bonds is 8. The number of hydrogen-bond acceptors (Lipinski definition) is 7. The number of benzene rings is 2. The lowest BCUT2D eigenvalue weighted by molar-refractivity contribution is -0.140. The first-order chi connectivity index (χ1) is 24.1. The largest absolute Gasteiger partial charge is 0.446 e. The number of allylic oxidation sites excluding steroid dienone is 1. The molecule has 14 heteroatoms. The number of hydrogen-bond donors (Lipinski definition) is 2. The van der Waals surface area contributed by atoms with Gasteiger partial charge in [0, 0.05) is 40.8 Å². The standard InChI is InChI=1S/C36H41BrF2N3O6PS/c37-24-15-17-27(18-16-24)50-48-26-19-32-33(43)41-36(49(46)22-28-29(38)12-8-13-30(28)39)20-23(36)9-4-2-1-3-5-14-31(34(44)42(32)21-26)40-35(45)47-25-10-6-7-11-25/h4,8-9,12-13,15-18,23,25-26,31-32H,1-3,5-7,10-11,14,19-22H2,(H-,40,41,43,45)/p+1. The summed E-state index contributed by atoms with van der Waals surface area (Å²) in [5.41, 5.74) is -0.280. The molecule has 2 aromatic carbocycles. The number of carbonyl (C=O) groups excluding carboxylic acids is 3. The molecule has 3 fully saturated rings. The number of halogens is 3. The molecule has 2 aliphatic carbocycles. The lowest BCUT2D eigenvalue weighted by Gasteiger charge is -2.29. The highest BCUT2D eigenvalue weighted by molar-refractivity contribution is 9.10. The zero-order chi connectivity index (χ0) is 35.3. The van der Waals surface area contributed by atoms with Crippen molar-refractivity contribution >= 4 is 53.7 Å². The quantitative estimate of drug-likeness (QED) is 0.158. The Hall–Kier alpha value is -2.86. The van der Waals surface area contributed by atoms with E-state index in [1.165, 1.54) is 11.0 Å². The molecular formula is C36H42BrF2N3O6PS+. The second kappa shape index (κ2) is 16.7. The number of alkyl carbamates (subject to hydrolysis) is 1. The van der Waals surface area contributed by atoms with Gasteiger partial charge < -0.3 is 24.5 Å². The normalized spacial score (nSPS) is 27.8. The summed E-state index contributed by atoms with van der Waals surface area (Å²) in [7, 11) is -2.36. The SMILES string of the molecule is O=C(NC1CCCCCC=CC2CC2([P+](=O)Cc2c(F)cccc2F)NC(=O)C2CC(OSc3ccc(Br)cc3)CN2C1=O)OC1CCCC1. The molecule has 0 aromatic heterocycles. The number of nitrogens with zero attached hydrogens (tertiary/aromatic N) is 1. The number of fused-ring (bicyclic) bond motifs is 2. The lowest BCUT2D eigenvalue weighted by atomic mass is 10.0. The molecule has 0 bridgehead atoms. The summed E-state index contributed by atoms with van der Waals surface area (Å²) in [6.45, 7) is 0.0964. The Morgan fingerprint density at radius 2 is 1.74 bits per heavy atom. The Morgan fingerprint density at radius 3 is 2.48 bits per heavy atom. The fourth-order valence-electron chi connectivity index (χ4n) is 7.07. The van der Waals surface area contributed by atoms with Crippen molar-refractivity contribution in [2.75, 3.05) is 6.54 Å². The van der Waals surface area contributed by atoms with Crippen molar-refractivity contribution in [2.45, 2.75) is 111 Å². The molecule has 3 amide bonds. The van der Waals surface area contributed by atoms with Gasteiger partial charge in [-0.15, -0.1) is 0 Å². The molecule has 2 N–H and O–H groups in total. The van der Waals surface area contributed by atoms with Gasteiger partial charge in [0.2, 0.25) is 17.1 Å². The van der Waals surface area contributed by atoms with Crippen LogP contribution in [0.1, 0.15) is 76.2 Å². The summed E-state index contributed by atoms with van der Waals surface area (Å²) in [6, 6.07) is 9.14. The van der Waals surface area contributed by atoms with Crippen LogP contribution in [0.15, 0.2) is 64.0 Å². The third kappa shape index (κ3) is 8.95. The molecule has 1 saturated heterocycles. The fraction of sp³-hybridized carbons (Fsp3) is 0.528. The smallest absolute Gasteiger partial charge is 0.408 e. The monoisotopic (exact) mass is 792 g/mol. The van der Waals surface area contributed by atoms with Crippen molar-refractivity contribution in [1.82, 2.24) is 15.5 Å². The average Bonchev–Trinajstić information content (AvgIpc) is 3.38. The minimum atomic E-state index is -2.36. The van der Waals surface area contributed by atoms with Gasteiger partial charge in [-0.2, -0.15) is 0 Å². The van der Waals surface area contributed by atoms with Crippen molar-refractivity contribution in [1.29, 1.82) is 0 Å². The summed E-state index contributed by atoms with van der Waals surface area (Å²) in [5.74, 6) is -2.81. The Balaban J connectivity index is 1.25. The minimum absolute atomic E-state index is 0.0964. The molecule has 6 atom stereocenters. The van der Waals surface area contributed by atoms with Crippen LogP contribution < -0.4 is 10.6 Å². The highest BCUT2D eigenvalue weighted by Gasteiger charge is 2.69. The zero-order valence-corrected chi connectivity index (χ0v) is 31.0. The first-order valence-electron chi connectivity index (χ1n) is 17.4. The van der Waals surface area contributed by atoms with E-state index < -0.39 is 60.8 Å². The molecule has 50 heavy (non-hydrogen) atoms. The predicted molar refractivity (Wildman–Crippen MR) is 190 cm³/mol. The molecule has 6 rings (SSSR count). The molecule has 4 aliphatic rings. The third-order valence-corrected chi connectivity index (χ3v) is 13.5. The summed E-state index contributed by atoms with van der Waals surface area (Å²) in [4.78, 5) is 43.8. The van der Waals surface area contributed by atoms with E-state index in [9.17, 15) is 27.7 Å². The Morgan fingerprint density at radius 1 is 1.02 bits per heavy atom. The van der Waals surface area contributed by atoms with E-state index in [1.54, 1.807) is 0 Å². The maximum atomic E-state index is 14.6. The van der Waals surface area contributed by atoms with Crippen LogP contribution in [0.4, 0.5) is 13.6 Å². The minimum Gasteiger partial charge on any atom is -0.446 e. The molecule has 268 valence electrons. The number of ether oxygens (including phenoxy) is 1. The van der Waals surface area contributed by atoms with Crippen LogP contribution in [0.3, 0.4) is 0 Å². The van der Waals surface area contributed by atoms with Gasteiger partial charge in [-0.25, -0.2) is 13.6 Å². The van der Waals surface area contributed by atoms with E-state index >= 15 is 0 Å². The van der Waals surface area contributed by atoms with Gasteiger partial charge in [0.15, 0.2) is 6.16 Å². The molecular weight excluding hydrogens is 751 g/mol. The van der Waals surface area contributed by atoms with Gasteiger partial charge in [-0.1, -0.05) is 51.6 Å². The van der Waals surface area contributed by atoms with Crippen LogP contribution >= 0.6 is 35.8 Å². The average molecular weight is 794 g/mol. The van der Waals surface area contributed by atoms with Gasteiger partial charge in [0.05, 0.1) is 17.6 Å². The van der Waals surface area contributed by atoms with Crippen LogP contribution in [0.25, 0.3) is 0 Å². The Kier molecular flexibility index (Phi) is 12.3. The van der Waals surface area contributed by atoms with Gasteiger partial charge in [-0.05, 0) is 81.3 Å². The highest BCUT2D eigenvalue weighted by atomic mass is 79.9. The van der Waals surface area contributed by atoms with E-state index in [-0.39, 0.29) is 36.7 Å². The molecule has 2 saturated carbocycles. The topological polar surface area (TPSA) is 114 Å². The second-order valence-corrected chi connectivity index (χ2v) is 17.2. The highest BCUT2D eigenvalue weighted by Crippen LogP contribution is 2.62. The number of carbonyl (C=O) groups is 3. The maximum absolute atomic E-state index is 14.6. The number of amides is 3. The van der Waals surface area contributed by atoms with Gasteiger partial charge >= 0.3 is 13.9 Å². The lowest BCUT2D eigenvalue weighted by Crippen LogP contribution is -2.55. The molecule has 6 unspecified atom stereocenters. The third-order valence-electron chi connectivity index (χ3n) is 9.97. The first-order valence-corrected chi connectivity index (χ1v) is 20.3. The van der Waals surface area contributed by atoms with Gasteiger partial charge in [-0.3, -0.25) is 9.59 Å². The van der Waals surface area contributed by atoms with Crippen LogP contribution in [0.5, 0.6) is 0 Å². The zero-order valence-electron chi connectivity index (χ0n) is 27.7. The number of nitrogens with one attached hydrogen (secondary N) is 2. The van der Waals surface area contributed by atoms with E-state index in [2.05, 4.69) is 26.6 Å². The van der Waals surface area contributed by atoms with Crippen molar-refractivity contribution in [3.63, 3.8) is 0 Å². The summed E-state index contributed by atoms with van der Waals surface area (Å²) >= 11 is 4.57. The van der Waals surface area contributed by atoms with Crippen LogP contribution in [0, 0.1) is 17.6 Å². The molecule has 2 aliphatic heterocycles. The summed E-state index contributed by atoms with van der Waals surface area (Å²) in [5, 5.41) is 4.59. The molecule has 2 aromatic rings. The first kappa shape index (κ1) is 36.9. The van der Waals surface area contributed by atoms with E-state index in [0.29, 0.717) is 19.3 Å². The maximum Gasteiger partial charge on any atom is 0.408 e. The van der Waals surface area contributed by atoms with Crippen molar-refractivity contribution < 1.29 is 36.6 Å². The van der Waals surface area contributed by atoms with Crippen LogP contribution in [-0.4, -0.2) is 58.9 Å². The van der Waals surface area contributed by atoms with Gasteiger partial charge in [0.1, 0.15) is 29.8 Å². The Labute approximate surface area is 304 Å². The molecule has 2 heterocycles. The van der Waals surface area contributed by atoms with Crippen molar-refractivity contribution in [3.8, 4) is 0 Å². The van der Waals surface area contributed by atoms with Crippen LogP contribution in [-0.2, 0) is 29.2 Å². The van der Waals surface area contributed by atoms with E-state index in [4.69, 9.17) is 8.92 Å². The molecule has 9 nitrogen and oxygen atoms in total. The fourth-order valence-corrected chi connectivity index (χ4v) is 9.93. The van der Waals surface area contributed by atoms with E-state index in [1.807, 2.05) is 36.4 Å². The van der Waals surface area contributed by atoms with Crippen molar-refractivity contribution in [2.24, 2.45) is 5.92 Å². The summed E-state index contributed by atoms with van der Waals surface area (Å²) in [6.07, 6.45) is 9.68. The summed E-state index contributed by atoms with van der Waals surface area (Å²) < 4.78 is 55.9. The molecule has 0 spiro atoms. The molecule has 0 radical (unpaired) electrons. The second-order valence-electron chi connectivity index (χ2n) is 13.5. The van der Waals surface area contributed by atoms with E-state index in [0.717, 1.165) is 78.5 Å². The van der Waals surface area contributed by atoms with Gasteiger partial charge in [0.25, 0.3) is 0 Å². The predicted octanol–water partition coefficient (Wildman–Crippen LogP) is 8.14. The van der Waals surface area contributed by atoms with Crippen LogP contribution in [0.2, 0.25) is 0 Å². The Bertz CT molecular complexity index is 1590.